The quantitative estimate of drug-likeness (QED) is 0.242. The Bertz CT molecular complexity index is 440. The highest BCUT2D eigenvalue weighted by Gasteiger charge is 2.14. The van der Waals surface area contributed by atoms with E-state index in [0.717, 1.165) is 45.9 Å². The van der Waals surface area contributed by atoms with E-state index in [-0.39, 0.29) is 5.60 Å². The summed E-state index contributed by atoms with van der Waals surface area (Å²) in [6, 6.07) is 0. The summed E-state index contributed by atoms with van der Waals surface area (Å²) in [6.45, 7) is 44.5. The van der Waals surface area contributed by atoms with E-state index in [1.807, 2.05) is 0 Å². The minimum absolute atomic E-state index is 0.0257. The zero-order valence-electron chi connectivity index (χ0n) is 30.0. The van der Waals surface area contributed by atoms with E-state index < -0.39 is 0 Å². The first-order chi connectivity index (χ1) is 16.6. The molecule has 0 rings (SSSR count). The molecule has 0 aromatic rings. The topological polar surface area (TPSA) is 27.7 Å². The third kappa shape index (κ3) is 52.3. The molecule has 3 nitrogen and oxygen atoms in total. The van der Waals surface area contributed by atoms with E-state index in [2.05, 4.69) is 125 Å². The molecule has 0 aliphatic rings. The van der Waals surface area contributed by atoms with Crippen molar-refractivity contribution in [2.45, 2.75) is 169 Å². The third-order valence-electron chi connectivity index (χ3n) is 5.35. The molecule has 0 atom stereocenters. The molecule has 3 heteroatoms. The molecule has 38 heavy (non-hydrogen) atoms. The Morgan fingerprint density at radius 1 is 0.342 bits per heavy atom. The lowest BCUT2D eigenvalue weighted by atomic mass is 9.91. The molecule has 0 bridgehead atoms. The van der Waals surface area contributed by atoms with Crippen LogP contribution in [-0.2, 0) is 14.2 Å². The molecular weight excluding hydrogens is 468 g/mol. The zero-order chi connectivity index (χ0) is 30.9. The summed E-state index contributed by atoms with van der Waals surface area (Å²) in [5, 5.41) is 0. The minimum Gasteiger partial charge on any atom is -0.381 e. The van der Waals surface area contributed by atoms with Crippen molar-refractivity contribution < 1.29 is 14.2 Å². The molecule has 0 aliphatic heterocycles. The first-order valence-electron chi connectivity index (χ1n) is 15.4. The van der Waals surface area contributed by atoms with E-state index in [1.165, 1.54) is 25.7 Å². The molecule has 0 amide bonds. The van der Waals surface area contributed by atoms with Gasteiger partial charge in [0.1, 0.15) is 0 Å². The largest absolute Gasteiger partial charge is 0.381 e. The van der Waals surface area contributed by atoms with Gasteiger partial charge in [-0.15, -0.1) is 0 Å². The fourth-order valence-corrected chi connectivity index (χ4v) is 2.92. The Kier molecular flexibility index (Phi) is 21.3. The molecule has 0 saturated carbocycles. The first kappa shape index (κ1) is 42.3. The first-order valence-corrected chi connectivity index (χ1v) is 15.4. The highest BCUT2D eigenvalue weighted by Crippen LogP contribution is 2.22. The van der Waals surface area contributed by atoms with Crippen LogP contribution in [0.15, 0.2) is 0 Å². The maximum Gasteiger partial charge on any atom is 0.0598 e. The van der Waals surface area contributed by atoms with Crippen LogP contribution >= 0.6 is 0 Å². The summed E-state index contributed by atoms with van der Waals surface area (Å²) >= 11 is 0. The average Bonchev–Trinajstić information content (AvgIpc) is 2.60. The smallest absolute Gasteiger partial charge is 0.0598 e. The average molecular weight is 545 g/mol. The van der Waals surface area contributed by atoms with Crippen LogP contribution in [0.1, 0.15) is 163 Å². The molecule has 0 aromatic carbocycles. The molecule has 0 fully saturated rings. The highest BCUT2D eigenvalue weighted by molar-refractivity contribution is 4.64. The summed E-state index contributed by atoms with van der Waals surface area (Å²) in [6.07, 6.45) is 7.13. The molecule has 0 aliphatic carbocycles. The Labute approximate surface area is 242 Å². The molecule has 0 spiro atoms. The minimum atomic E-state index is 0.0257. The third-order valence-corrected chi connectivity index (χ3v) is 5.35. The second-order valence-electron chi connectivity index (χ2n) is 18.1. The van der Waals surface area contributed by atoms with Crippen LogP contribution in [-0.4, -0.2) is 38.6 Å². The highest BCUT2D eigenvalue weighted by atomic mass is 16.5. The van der Waals surface area contributed by atoms with Crippen LogP contribution in [0.25, 0.3) is 0 Å². The number of hydrogen-bond donors (Lipinski definition) is 0. The van der Waals surface area contributed by atoms with E-state index in [4.69, 9.17) is 14.2 Å². The van der Waals surface area contributed by atoms with Gasteiger partial charge in [0.15, 0.2) is 0 Å². The van der Waals surface area contributed by atoms with Gasteiger partial charge in [-0.2, -0.15) is 0 Å². The van der Waals surface area contributed by atoms with Crippen LogP contribution in [0.2, 0.25) is 0 Å². The predicted octanol–water partition coefficient (Wildman–Crippen LogP) is 11.4. The maximum absolute atomic E-state index is 5.62. The van der Waals surface area contributed by atoms with Crippen LogP contribution in [0, 0.1) is 27.1 Å². The summed E-state index contributed by atoms with van der Waals surface area (Å²) < 4.78 is 16.8. The molecule has 0 aromatic heterocycles. The molecule has 0 N–H and O–H groups in total. The van der Waals surface area contributed by atoms with Gasteiger partial charge in [-0.3, -0.25) is 0 Å². The summed E-state index contributed by atoms with van der Waals surface area (Å²) in [4.78, 5) is 0. The van der Waals surface area contributed by atoms with Gasteiger partial charge in [0.05, 0.1) is 12.2 Å². The molecule has 0 saturated heterocycles. The lowest BCUT2D eigenvalue weighted by Gasteiger charge is -2.22. The van der Waals surface area contributed by atoms with Crippen molar-refractivity contribution in [1.29, 1.82) is 0 Å². The van der Waals surface area contributed by atoms with Gasteiger partial charge in [-0.05, 0) is 86.4 Å². The lowest BCUT2D eigenvalue weighted by Crippen LogP contribution is -2.20. The summed E-state index contributed by atoms with van der Waals surface area (Å²) in [7, 11) is 0. The van der Waals surface area contributed by atoms with Crippen molar-refractivity contribution in [3.63, 3.8) is 0 Å². The van der Waals surface area contributed by atoms with Crippen molar-refractivity contribution in [3.8, 4) is 0 Å². The van der Waals surface area contributed by atoms with Gasteiger partial charge in [-0.1, -0.05) is 104 Å². The molecule has 0 unspecified atom stereocenters. The normalized spacial score (nSPS) is 13.4. The van der Waals surface area contributed by atoms with Crippen molar-refractivity contribution >= 4 is 0 Å². The molecule has 234 valence electrons. The fraction of sp³-hybridized carbons (Fsp3) is 1.00. The van der Waals surface area contributed by atoms with Crippen LogP contribution in [0.5, 0.6) is 0 Å². The van der Waals surface area contributed by atoms with Gasteiger partial charge >= 0.3 is 0 Å². The Morgan fingerprint density at radius 3 is 0.974 bits per heavy atom. The van der Waals surface area contributed by atoms with Crippen molar-refractivity contribution in [2.75, 3.05) is 33.0 Å². The number of rotatable bonds is 11. The van der Waals surface area contributed by atoms with Crippen LogP contribution in [0.3, 0.4) is 0 Å². The van der Waals surface area contributed by atoms with Crippen molar-refractivity contribution in [2.24, 2.45) is 27.1 Å². The Morgan fingerprint density at radius 2 is 0.684 bits per heavy atom. The second-order valence-corrected chi connectivity index (χ2v) is 18.1. The van der Waals surface area contributed by atoms with Crippen LogP contribution < -0.4 is 0 Å². The van der Waals surface area contributed by atoms with Gasteiger partial charge < -0.3 is 14.2 Å². The lowest BCUT2D eigenvalue weighted by molar-refractivity contribution is -0.00720. The van der Waals surface area contributed by atoms with Gasteiger partial charge in [0.25, 0.3) is 0 Å². The van der Waals surface area contributed by atoms with Crippen molar-refractivity contribution in [1.82, 2.24) is 0 Å². The summed E-state index contributed by atoms with van der Waals surface area (Å²) in [5.74, 6) is 0. The fourth-order valence-electron chi connectivity index (χ4n) is 2.92. The van der Waals surface area contributed by atoms with Gasteiger partial charge in [-0.25, -0.2) is 0 Å². The monoisotopic (exact) mass is 545 g/mol. The standard InChI is InChI=1S/2C12H26O.C11H24O/c1-11(2,3)7-9-13-10-8-12(4,5)6;1-11(2,3)8-7-9-13-10-12(4,5)6;1-10(2,3)8-7-9-12-11(4,5)6/h2*7-10H2,1-6H3;7-9H2,1-6H3. The Balaban J connectivity index is -0.000000484. The second kappa shape index (κ2) is 19.1. The molecule has 0 radical (unpaired) electrons. The zero-order valence-corrected chi connectivity index (χ0v) is 30.0. The van der Waals surface area contributed by atoms with Gasteiger partial charge in [0, 0.05) is 26.4 Å². The molecule has 0 heterocycles. The van der Waals surface area contributed by atoms with E-state index >= 15 is 0 Å². The van der Waals surface area contributed by atoms with E-state index in [0.29, 0.717) is 27.1 Å². The number of ether oxygens (including phenoxy) is 3. The molecular formula is C35H76O3. The SMILES string of the molecule is CC(C)(C)CCCOC(C)(C)C.CC(C)(C)CCCOCC(C)(C)C.CC(C)(C)CCOCCC(C)(C)C. The number of hydrogen-bond acceptors (Lipinski definition) is 3. The van der Waals surface area contributed by atoms with E-state index in [1.54, 1.807) is 0 Å². The van der Waals surface area contributed by atoms with Crippen LogP contribution in [0.4, 0.5) is 0 Å². The van der Waals surface area contributed by atoms with Gasteiger partial charge in [0.2, 0.25) is 0 Å². The summed E-state index contributed by atoms with van der Waals surface area (Å²) in [5.41, 5.74) is 2.04. The van der Waals surface area contributed by atoms with E-state index in [9.17, 15) is 0 Å². The predicted molar refractivity (Wildman–Crippen MR) is 172 cm³/mol. The maximum atomic E-state index is 5.62. The Hall–Kier alpha value is -0.120. The van der Waals surface area contributed by atoms with Crippen molar-refractivity contribution in [3.05, 3.63) is 0 Å².